The van der Waals surface area contributed by atoms with Crippen LogP contribution in [0.4, 0.5) is 11.4 Å². The quantitative estimate of drug-likeness (QED) is 0.310. The Kier molecular flexibility index (Phi) is 6.24. The molecule has 0 unspecified atom stereocenters. The fourth-order valence-electron chi connectivity index (χ4n) is 4.45. The smallest absolute Gasteiger partial charge is 0.335 e. The topological polar surface area (TPSA) is 128 Å². The summed E-state index contributed by atoms with van der Waals surface area (Å²) in [6.07, 6.45) is 1.52. The van der Waals surface area contributed by atoms with Gasteiger partial charge in [0.1, 0.15) is 5.69 Å². The second-order valence-electron chi connectivity index (χ2n) is 8.49. The molecule has 1 N–H and O–H groups in total. The molecule has 4 aromatic rings. The Hall–Kier alpha value is -4.83. The number of fused-ring (bicyclic) bond motifs is 1. The van der Waals surface area contributed by atoms with Crippen molar-refractivity contribution < 1.29 is 19.6 Å². The molecule has 1 saturated heterocycles. The maximum Gasteiger partial charge on any atom is 0.335 e. The minimum atomic E-state index is -1.13. The van der Waals surface area contributed by atoms with E-state index in [9.17, 15) is 24.8 Å². The van der Waals surface area contributed by atoms with E-state index in [1.807, 2.05) is 4.90 Å². The number of benzene rings is 3. The molecule has 1 aromatic heterocycles. The molecule has 0 aliphatic carbocycles. The van der Waals surface area contributed by atoms with Gasteiger partial charge >= 0.3 is 5.97 Å². The average molecular weight is 498 g/mol. The molecule has 5 rings (SSSR count). The van der Waals surface area contributed by atoms with Crippen molar-refractivity contribution in [2.45, 2.75) is 0 Å². The molecule has 0 atom stereocenters. The maximum absolute atomic E-state index is 13.6. The van der Waals surface area contributed by atoms with Gasteiger partial charge in [-0.3, -0.25) is 14.9 Å². The van der Waals surface area contributed by atoms with E-state index >= 15 is 0 Å². The van der Waals surface area contributed by atoms with Crippen molar-refractivity contribution in [3.8, 4) is 16.9 Å². The lowest BCUT2D eigenvalue weighted by Crippen LogP contribution is -2.36. The minimum Gasteiger partial charge on any atom is -0.478 e. The first-order valence-electron chi connectivity index (χ1n) is 11.5. The van der Waals surface area contributed by atoms with E-state index in [4.69, 9.17) is 4.74 Å². The summed E-state index contributed by atoms with van der Waals surface area (Å²) in [7, 11) is 0. The Bertz CT molecular complexity index is 1620. The first-order chi connectivity index (χ1) is 17.9. The van der Waals surface area contributed by atoms with Gasteiger partial charge in [-0.25, -0.2) is 4.79 Å². The normalized spacial score (nSPS) is 13.5. The van der Waals surface area contributed by atoms with E-state index in [1.165, 1.54) is 24.3 Å². The van der Waals surface area contributed by atoms with Crippen LogP contribution in [0.2, 0.25) is 0 Å². The molecular weight excluding hydrogens is 476 g/mol. The molecule has 0 radical (unpaired) electrons. The maximum atomic E-state index is 13.6. The van der Waals surface area contributed by atoms with Gasteiger partial charge in [0.15, 0.2) is 0 Å². The van der Waals surface area contributed by atoms with E-state index in [2.05, 4.69) is 11.7 Å². The van der Waals surface area contributed by atoms with E-state index in [0.29, 0.717) is 59.6 Å². The molecule has 3 aromatic carbocycles. The number of nitro groups is 1. The number of ether oxygens (including phenoxy) is 1. The van der Waals surface area contributed by atoms with E-state index in [1.54, 1.807) is 42.5 Å². The van der Waals surface area contributed by atoms with E-state index < -0.39 is 16.5 Å². The third-order valence-electron chi connectivity index (χ3n) is 6.28. The first kappa shape index (κ1) is 23.9. The van der Waals surface area contributed by atoms with Gasteiger partial charge in [0, 0.05) is 35.8 Å². The number of nitro benzene ring substituents is 1. The van der Waals surface area contributed by atoms with Crippen molar-refractivity contribution in [1.82, 2.24) is 9.78 Å². The van der Waals surface area contributed by atoms with Crippen LogP contribution in [0.3, 0.4) is 0 Å². The van der Waals surface area contributed by atoms with Crippen LogP contribution in [-0.2, 0) is 4.74 Å². The van der Waals surface area contributed by atoms with Crippen molar-refractivity contribution in [2.75, 3.05) is 31.2 Å². The van der Waals surface area contributed by atoms with Gasteiger partial charge in [-0.1, -0.05) is 30.9 Å². The summed E-state index contributed by atoms with van der Waals surface area (Å²) in [6.45, 7) is 6.00. The number of morpholine rings is 1. The Balaban J connectivity index is 1.81. The van der Waals surface area contributed by atoms with Crippen LogP contribution in [0.15, 0.2) is 72.0 Å². The molecule has 1 aliphatic rings. The fourth-order valence-corrected chi connectivity index (χ4v) is 4.45. The van der Waals surface area contributed by atoms with Gasteiger partial charge in [0.25, 0.3) is 11.2 Å². The third kappa shape index (κ3) is 4.45. The Morgan fingerprint density at radius 2 is 1.81 bits per heavy atom. The summed E-state index contributed by atoms with van der Waals surface area (Å²) in [6, 6.07) is 16.0. The highest BCUT2D eigenvalue weighted by atomic mass is 16.6. The van der Waals surface area contributed by atoms with Crippen molar-refractivity contribution in [1.29, 1.82) is 0 Å². The Labute approximate surface area is 210 Å². The lowest BCUT2D eigenvalue weighted by molar-refractivity contribution is -0.384. The van der Waals surface area contributed by atoms with Crippen molar-refractivity contribution in [2.24, 2.45) is 0 Å². The first-order valence-corrected chi connectivity index (χ1v) is 11.5. The van der Waals surface area contributed by atoms with Crippen molar-refractivity contribution in [3.63, 3.8) is 0 Å². The molecule has 10 heteroatoms. The third-order valence-corrected chi connectivity index (χ3v) is 6.28. The average Bonchev–Trinajstić information content (AvgIpc) is 2.93. The van der Waals surface area contributed by atoms with Gasteiger partial charge in [-0.2, -0.15) is 9.78 Å². The largest absolute Gasteiger partial charge is 0.478 e. The SMILES string of the molecule is C=Cc1cc(C(=O)O)cc(-c2nn(-c3cc(N4CCOCC4)ccc3[N+](=O)[O-])c(=O)c3ccccc23)c1. The number of hydrogen-bond acceptors (Lipinski definition) is 7. The highest BCUT2D eigenvalue weighted by Gasteiger charge is 2.23. The van der Waals surface area contributed by atoms with Gasteiger partial charge < -0.3 is 14.7 Å². The number of hydrogen-bond donors (Lipinski definition) is 1. The number of aromatic nitrogens is 2. The lowest BCUT2D eigenvalue weighted by Gasteiger charge is -2.29. The number of anilines is 1. The standard InChI is InChI=1S/C27H22N4O6/c1-2-17-13-18(15-19(14-17)27(33)34)25-21-5-3-4-6-22(21)26(32)30(28-25)24-16-20(7-8-23(24)31(35)36)29-9-11-37-12-10-29/h2-8,13-16H,1,9-12H2,(H,33,34). The van der Waals surface area contributed by atoms with Crippen LogP contribution >= 0.6 is 0 Å². The Morgan fingerprint density at radius 1 is 1.08 bits per heavy atom. The van der Waals surface area contributed by atoms with Gasteiger partial charge in [-0.05, 0) is 42.0 Å². The molecule has 186 valence electrons. The van der Waals surface area contributed by atoms with E-state index in [-0.39, 0.29) is 16.9 Å². The number of carbonyl (C=O) groups is 1. The van der Waals surface area contributed by atoms with Crippen LogP contribution in [0, 0.1) is 10.1 Å². The summed E-state index contributed by atoms with van der Waals surface area (Å²) in [5, 5.41) is 26.9. The molecule has 0 spiro atoms. The second-order valence-corrected chi connectivity index (χ2v) is 8.49. The second kappa shape index (κ2) is 9.67. The van der Waals surface area contributed by atoms with Gasteiger partial charge in [0.2, 0.25) is 0 Å². The monoisotopic (exact) mass is 498 g/mol. The number of rotatable bonds is 6. The summed E-state index contributed by atoms with van der Waals surface area (Å²) in [5.41, 5.74) is 1.24. The summed E-state index contributed by atoms with van der Waals surface area (Å²) in [4.78, 5) is 38.8. The van der Waals surface area contributed by atoms with Crippen LogP contribution in [0.25, 0.3) is 33.8 Å². The molecule has 0 bridgehead atoms. The van der Waals surface area contributed by atoms with Crippen molar-refractivity contribution in [3.05, 3.63) is 98.8 Å². The zero-order chi connectivity index (χ0) is 26.1. The number of nitrogens with zero attached hydrogens (tertiary/aromatic N) is 4. The fraction of sp³-hybridized carbons (Fsp3) is 0.148. The molecule has 37 heavy (non-hydrogen) atoms. The summed E-state index contributed by atoms with van der Waals surface area (Å²) >= 11 is 0. The predicted molar refractivity (Wildman–Crippen MR) is 140 cm³/mol. The molecule has 2 heterocycles. The molecule has 0 saturated carbocycles. The molecule has 1 aliphatic heterocycles. The number of aromatic carboxylic acids is 1. The number of carboxylic acids is 1. The van der Waals surface area contributed by atoms with Crippen molar-refractivity contribution >= 4 is 34.2 Å². The lowest BCUT2D eigenvalue weighted by atomic mass is 10.00. The molecule has 1 fully saturated rings. The molecule has 0 amide bonds. The van der Waals surface area contributed by atoms with Crippen LogP contribution in [0.5, 0.6) is 0 Å². The van der Waals surface area contributed by atoms with Crippen LogP contribution in [0.1, 0.15) is 15.9 Å². The summed E-state index contributed by atoms with van der Waals surface area (Å²) < 4.78 is 6.44. The number of carboxylic acid groups (broad SMARTS) is 1. The van der Waals surface area contributed by atoms with Gasteiger partial charge in [0.05, 0.1) is 34.8 Å². The van der Waals surface area contributed by atoms with Gasteiger partial charge in [-0.15, -0.1) is 0 Å². The van der Waals surface area contributed by atoms with E-state index in [0.717, 1.165) is 4.68 Å². The Morgan fingerprint density at radius 3 is 2.49 bits per heavy atom. The zero-order valence-electron chi connectivity index (χ0n) is 19.7. The molecular formula is C27H22N4O6. The highest BCUT2D eigenvalue weighted by molar-refractivity contribution is 5.97. The summed E-state index contributed by atoms with van der Waals surface area (Å²) in [5.74, 6) is -1.13. The predicted octanol–water partition coefficient (Wildman–Crippen LogP) is 4.14. The zero-order valence-corrected chi connectivity index (χ0v) is 19.7. The minimum absolute atomic E-state index is 0.0179. The van der Waals surface area contributed by atoms with Crippen LogP contribution in [-0.4, -0.2) is 52.1 Å². The highest BCUT2D eigenvalue weighted by Crippen LogP contribution is 2.31. The van der Waals surface area contributed by atoms with Crippen LogP contribution < -0.4 is 10.5 Å². The molecule has 10 nitrogen and oxygen atoms in total.